The first-order valence-electron chi connectivity index (χ1n) is 7.14. The summed E-state index contributed by atoms with van der Waals surface area (Å²) < 4.78 is 5.84. The summed E-state index contributed by atoms with van der Waals surface area (Å²) in [4.78, 5) is 0. The van der Waals surface area contributed by atoms with Crippen molar-refractivity contribution in [3.63, 3.8) is 0 Å². The highest BCUT2D eigenvalue weighted by atomic mass is 16.5. The van der Waals surface area contributed by atoms with E-state index in [0.717, 1.165) is 41.9 Å². The van der Waals surface area contributed by atoms with Gasteiger partial charge in [0.05, 0.1) is 6.61 Å². The van der Waals surface area contributed by atoms with Crippen molar-refractivity contribution < 1.29 is 9.84 Å². The summed E-state index contributed by atoms with van der Waals surface area (Å²) in [6.45, 7) is 4.61. The molecule has 1 heterocycles. The first kappa shape index (κ1) is 13.2. The SMILES string of the molecule is Cc1ccccc1C(C)(O)c1cccc2c1OCCC2. The van der Waals surface area contributed by atoms with Gasteiger partial charge in [-0.25, -0.2) is 0 Å². The normalized spacial score (nSPS) is 16.9. The van der Waals surface area contributed by atoms with Gasteiger partial charge in [-0.3, -0.25) is 0 Å². The van der Waals surface area contributed by atoms with Crippen LogP contribution in [-0.2, 0) is 12.0 Å². The van der Waals surface area contributed by atoms with E-state index in [4.69, 9.17) is 4.74 Å². The number of fused-ring (bicyclic) bond motifs is 1. The Labute approximate surface area is 120 Å². The lowest BCUT2D eigenvalue weighted by Crippen LogP contribution is -2.26. The number of ether oxygens (including phenoxy) is 1. The van der Waals surface area contributed by atoms with E-state index in [1.807, 2.05) is 50.2 Å². The number of rotatable bonds is 2. The van der Waals surface area contributed by atoms with Gasteiger partial charge in [0.1, 0.15) is 11.4 Å². The lowest BCUT2D eigenvalue weighted by molar-refractivity contribution is 0.0961. The lowest BCUT2D eigenvalue weighted by atomic mass is 9.83. The molecule has 2 nitrogen and oxygen atoms in total. The number of hydrogen-bond donors (Lipinski definition) is 1. The number of hydrogen-bond acceptors (Lipinski definition) is 2. The van der Waals surface area contributed by atoms with Gasteiger partial charge in [-0.05, 0) is 43.4 Å². The Kier molecular flexibility index (Phi) is 3.27. The van der Waals surface area contributed by atoms with Crippen molar-refractivity contribution in [2.45, 2.75) is 32.3 Å². The Morgan fingerprint density at radius 3 is 2.60 bits per heavy atom. The maximum atomic E-state index is 11.1. The van der Waals surface area contributed by atoms with E-state index in [1.54, 1.807) is 0 Å². The minimum Gasteiger partial charge on any atom is -0.493 e. The van der Waals surface area contributed by atoms with Crippen molar-refractivity contribution in [1.29, 1.82) is 0 Å². The molecule has 0 aliphatic carbocycles. The number of aliphatic hydroxyl groups is 1. The highest BCUT2D eigenvalue weighted by molar-refractivity contribution is 5.50. The first-order chi connectivity index (χ1) is 9.60. The van der Waals surface area contributed by atoms with Crippen LogP contribution in [0.1, 0.15) is 35.6 Å². The maximum Gasteiger partial charge on any atom is 0.128 e. The van der Waals surface area contributed by atoms with Crippen LogP contribution in [0.25, 0.3) is 0 Å². The number of benzene rings is 2. The molecular weight excluding hydrogens is 248 g/mol. The van der Waals surface area contributed by atoms with E-state index < -0.39 is 5.60 Å². The molecule has 20 heavy (non-hydrogen) atoms. The Bertz CT molecular complexity index is 629. The molecule has 1 atom stereocenters. The Hall–Kier alpha value is -1.80. The molecule has 1 aliphatic rings. The molecule has 0 radical (unpaired) electrons. The Balaban J connectivity index is 2.15. The fourth-order valence-electron chi connectivity index (χ4n) is 3.04. The van der Waals surface area contributed by atoms with E-state index in [2.05, 4.69) is 6.07 Å². The zero-order valence-corrected chi connectivity index (χ0v) is 12.0. The standard InChI is InChI=1S/C18H20O2/c1-13-7-3-4-10-15(13)18(2,19)16-11-5-8-14-9-6-12-20-17(14)16/h3-5,7-8,10-11,19H,6,9,12H2,1-2H3. The zero-order chi connectivity index (χ0) is 14.2. The largest absolute Gasteiger partial charge is 0.493 e. The monoisotopic (exact) mass is 268 g/mol. The van der Waals surface area contributed by atoms with E-state index >= 15 is 0 Å². The van der Waals surface area contributed by atoms with Gasteiger partial charge in [-0.15, -0.1) is 0 Å². The van der Waals surface area contributed by atoms with Gasteiger partial charge in [0.25, 0.3) is 0 Å². The van der Waals surface area contributed by atoms with Crippen LogP contribution in [0.15, 0.2) is 42.5 Å². The van der Waals surface area contributed by atoms with Crippen LogP contribution < -0.4 is 4.74 Å². The van der Waals surface area contributed by atoms with E-state index in [9.17, 15) is 5.11 Å². The predicted molar refractivity (Wildman–Crippen MR) is 80.1 cm³/mol. The van der Waals surface area contributed by atoms with Crippen molar-refractivity contribution in [1.82, 2.24) is 0 Å². The second-order valence-electron chi connectivity index (χ2n) is 5.63. The summed E-state index contributed by atoms with van der Waals surface area (Å²) in [5.74, 6) is 0.868. The fourth-order valence-corrected chi connectivity index (χ4v) is 3.04. The van der Waals surface area contributed by atoms with Crippen molar-refractivity contribution in [3.05, 3.63) is 64.7 Å². The molecule has 0 spiro atoms. The quantitative estimate of drug-likeness (QED) is 0.902. The highest BCUT2D eigenvalue weighted by Gasteiger charge is 2.32. The molecule has 0 bridgehead atoms. The molecule has 2 heteroatoms. The third-order valence-corrected chi connectivity index (χ3v) is 4.13. The van der Waals surface area contributed by atoms with Crippen LogP contribution in [-0.4, -0.2) is 11.7 Å². The van der Waals surface area contributed by atoms with Crippen LogP contribution in [0.4, 0.5) is 0 Å². The third-order valence-electron chi connectivity index (χ3n) is 4.13. The molecule has 0 saturated carbocycles. The third kappa shape index (κ3) is 2.10. The summed E-state index contributed by atoms with van der Waals surface area (Å²) in [6.07, 6.45) is 2.07. The van der Waals surface area contributed by atoms with Crippen LogP contribution in [0.3, 0.4) is 0 Å². The molecule has 0 fully saturated rings. The predicted octanol–water partition coefficient (Wildman–Crippen LogP) is 3.58. The summed E-state index contributed by atoms with van der Waals surface area (Å²) in [7, 11) is 0. The lowest BCUT2D eigenvalue weighted by Gasteiger charge is -2.30. The molecule has 0 saturated heterocycles. The van der Waals surface area contributed by atoms with Crippen LogP contribution in [0.5, 0.6) is 5.75 Å². The molecule has 3 rings (SSSR count). The van der Waals surface area contributed by atoms with Crippen LogP contribution in [0, 0.1) is 6.92 Å². The number of aryl methyl sites for hydroxylation is 2. The van der Waals surface area contributed by atoms with Crippen molar-refractivity contribution in [2.24, 2.45) is 0 Å². The van der Waals surface area contributed by atoms with Crippen LogP contribution >= 0.6 is 0 Å². The van der Waals surface area contributed by atoms with Gasteiger partial charge in [0.15, 0.2) is 0 Å². The molecule has 2 aromatic carbocycles. The second-order valence-corrected chi connectivity index (χ2v) is 5.63. The molecular formula is C18H20O2. The summed E-state index contributed by atoms with van der Waals surface area (Å²) >= 11 is 0. The van der Waals surface area contributed by atoms with Gasteiger partial charge >= 0.3 is 0 Å². The second kappa shape index (κ2) is 4.95. The van der Waals surface area contributed by atoms with Crippen molar-refractivity contribution in [2.75, 3.05) is 6.61 Å². The van der Waals surface area contributed by atoms with Gasteiger partial charge in [0, 0.05) is 5.56 Å². The van der Waals surface area contributed by atoms with Gasteiger partial charge < -0.3 is 9.84 Å². The highest BCUT2D eigenvalue weighted by Crippen LogP contribution is 2.40. The Morgan fingerprint density at radius 2 is 1.80 bits per heavy atom. The average molecular weight is 268 g/mol. The molecule has 0 aromatic heterocycles. The maximum absolute atomic E-state index is 11.1. The molecule has 1 aliphatic heterocycles. The minimum absolute atomic E-state index is 0.730. The molecule has 1 N–H and O–H groups in total. The number of para-hydroxylation sites is 1. The topological polar surface area (TPSA) is 29.5 Å². The average Bonchev–Trinajstić information content (AvgIpc) is 2.47. The molecule has 104 valence electrons. The first-order valence-corrected chi connectivity index (χ1v) is 7.14. The van der Waals surface area contributed by atoms with Gasteiger partial charge in [-0.1, -0.05) is 42.5 Å². The Morgan fingerprint density at radius 1 is 1.05 bits per heavy atom. The minimum atomic E-state index is -1.03. The molecule has 1 unspecified atom stereocenters. The fraction of sp³-hybridized carbons (Fsp3) is 0.333. The van der Waals surface area contributed by atoms with Gasteiger partial charge in [-0.2, -0.15) is 0 Å². The van der Waals surface area contributed by atoms with E-state index in [0.29, 0.717) is 0 Å². The van der Waals surface area contributed by atoms with Crippen molar-refractivity contribution in [3.8, 4) is 5.75 Å². The van der Waals surface area contributed by atoms with Gasteiger partial charge in [0.2, 0.25) is 0 Å². The summed E-state index contributed by atoms with van der Waals surface area (Å²) in [5, 5.41) is 11.1. The molecule has 2 aromatic rings. The summed E-state index contributed by atoms with van der Waals surface area (Å²) in [5.41, 5.74) is 3.05. The molecule has 0 amide bonds. The smallest absolute Gasteiger partial charge is 0.128 e. The van der Waals surface area contributed by atoms with Crippen molar-refractivity contribution >= 4 is 0 Å². The van der Waals surface area contributed by atoms with E-state index in [1.165, 1.54) is 5.56 Å². The van der Waals surface area contributed by atoms with Crippen LogP contribution in [0.2, 0.25) is 0 Å². The zero-order valence-electron chi connectivity index (χ0n) is 12.0. The summed E-state index contributed by atoms with van der Waals surface area (Å²) in [6, 6.07) is 14.0. The van der Waals surface area contributed by atoms with E-state index in [-0.39, 0.29) is 0 Å².